The molecule has 1 fully saturated rings. The van der Waals surface area contributed by atoms with E-state index in [1.807, 2.05) is 18.2 Å². The van der Waals surface area contributed by atoms with E-state index < -0.39 is 0 Å². The third-order valence-electron chi connectivity index (χ3n) is 3.48. The number of rotatable bonds is 1. The molecule has 0 aliphatic carbocycles. The van der Waals surface area contributed by atoms with Crippen LogP contribution in [0.3, 0.4) is 0 Å². The van der Waals surface area contributed by atoms with Crippen LogP contribution in [-0.2, 0) is 0 Å². The minimum absolute atomic E-state index is 0.00320. The lowest BCUT2D eigenvalue weighted by molar-refractivity contribution is 0.0664. The van der Waals surface area contributed by atoms with Crippen molar-refractivity contribution in [2.75, 3.05) is 26.2 Å². The summed E-state index contributed by atoms with van der Waals surface area (Å²) in [5.74, 6) is 0.00320. The summed E-state index contributed by atoms with van der Waals surface area (Å²) in [4.78, 5) is 27.8. The summed E-state index contributed by atoms with van der Waals surface area (Å²) in [5.41, 5.74) is 0.675. The van der Waals surface area contributed by atoms with E-state index in [4.69, 9.17) is 0 Å². The van der Waals surface area contributed by atoms with Gasteiger partial charge in [-0.05, 0) is 12.1 Å². The van der Waals surface area contributed by atoms with E-state index in [-0.39, 0.29) is 11.9 Å². The fraction of sp³-hybridized carbons (Fsp3) is 0.286. The van der Waals surface area contributed by atoms with Gasteiger partial charge in [0.2, 0.25) is 0 Å². The van der Waals surface area contributed by atoms with E-state index in [9.17, 15) is 9.59 Å². The normalized spacial score (nSPS) is 15.0. The SMILES string of the molecule is O=C(c1ccccc1)N1CCN(C(=O)n2ccnn2)CC1. The first-order chi connectivity index (χ1) is 10.3. The quantitative estimate of drug-likeness (QED) is 0.773. The number of aromatic nitrogens is 3. The summed E-state index contributed by atoms with van der Waals surface area (Å²) in [5, 5.41) is 7.31. The molecule has 1 aromatic carbocycles. The fourth-order valence-corrected chi connectivity index (χ4v) is 2.32. The van der Waals surface area contributed by atoms with Crippen molar-refractivity contribution in [3.05, 3.63) is 48.3 Å². The smallest absolute Gasteiger partial charge is 0.335 e. The molecule has 1 aromatic heterocycles. The van der Waals surface area contributed by atoms with Crippen molar-refractivity contribution in [1.29, 1.82) is 0 Å². The van der Waals surface area contributed by atoms with E-state index in [1.54, 1.807) is 21.9 Å². The van der Waals surface area contributed by atoms with Gasteiger partial charge in [-0.1, -0.05) is 23.4 Å². The maximum Gasteiger partial charge on any atom is 0.346 e. The van der Waals surface area contributed by atoms with E-state index in [1.165, 1.54) is 17.1 Å². The van der Waals surface area contributed by atoms with Crippen LogP contribution in [0.15, 0.2) is 42.7 Å². The minimum Gasteiger partial charge on any atom is -0.335 e. The molecule has 3 rings (SSSR count). The Labute approximate surface area is 121 Å². The summed E-state index contributed by atoms with van der Waals surface area (Å²) in [6.45, 7) is 2.04. The van der Waals surface area contributed by atoms with Crippen LogP contribution in [0.1, 0.15) is 10.4 Å². The molecular weight excluding hydrogens is 270 g/mol. The first kappa shape index (κ1) is 13.3. The molecule has 1 aliphatic rings. The fourth-order valence-electron chi connectivity index (χ4n) is 2.32. The van der Waals surface area contributed by atoms with Gasteiger partial charge in [-0.15, -0.1) is 5.10 Å². The van der Waals surface area contributed by atoms with Crippen molar-refractivity contribution >= 4 is 11.9 Å². The average Bonchev–Trinajstić information content (AvgIpc) is 3.09. The van der Waals surface area contributed by atoms with Gasteiger partial charge in [0.1, 0.15) is 0 Å². The molecule has 2 aromatic rings. The number of piperazine rings is 1. The van der Waals surface area contributed by atoms with Crippen LogP contribution in [0.4, 0.5) is 4.79 Å². The number of benzene rings is 1. The highest BCUT2D eigenvalue weighted by atomic mass is 16.2. The molecule has 0 saturated carbocycles. The zero-order valence-corrected chi connectivity index (χ0v) is 11.4. The highest BCUT2D eigenvalue weighted by Crippen LogP contribution is 2.09. The van der Waals surface area contributed by atoms with Gasteiger partial charge in [-0.2, -0.15) is 4.68 Å². The van der Waals surface area contributed by atoms with Crippen LogP contribution in [-0.4, -0.2) is 62.9 Å². The second-order valence-electron chi connectivity index (χ2n) is 4.78. The Hall–Kier alpha value is -2.70. The van der Waals surface area contributed by atoms with E-state index >= 15 is 0 Å². The molecule has 2 heterocycles. The molecule has 0 spiro atoms. The molecule has 1 aliphatic heterocycles. The van der Waals surface area contributed by atoms with Gasteiger partial charge in [0.25, 0.3) is 5.91 Å². The second-order valence-corrected chi connectivity index (χ2v) is 4.78. The summed E-state index contributed by atoms with van der Waals surface area (Å²) in [7, 11) is 0. The lowest BCUT2D eigenvalue weighted by Gasteiger charge is -2.34. The molecule has 0 bridgehead atoms. The van der Waals surface area contributed by atoms with Gasteiger partial charge in [0.15, 0.2) is 0 Å². The van der Waals surface area contributed by atoms with Crippen LogP contribution >= 0.6 is 0 Å². The van der Waals surface area contributed by atoms with Gasteiger partial charge in [0, 0.05) is 31.7 Å². The van der Waals surface area contributed by atoms with E-state index in [2.05, 4.69) is 10.3 Å². The number of hydrogen-bond donors (Lipinski definition) is 0. The predicted molar refractivity (Wildman–Crippen MR) is 74.7 cm³/mol. The van der Waals surface area contributed by atoms with Crippen LogP contribution in [0, 0.1) is 0 Å². The average molecular weight is 285 g/mol. The Morgan fingerprint density at radius 1 is 0.952 bits per heavy atom. The Morgan fingerprint density at radius 3 is 2.24 bits per heavy atom. The zero-order valence-electron chi connectivity index (χ0n) is 11.4. The lowest BCUT2D eigenvalue weighted by atomic mass is 10.2. The van der Waals surface area contributed by atoms with Gasteiger partial charge in [-0.3, -0.25) is 4.79 Å². The predicted octanol–water partition coefficient (Wildman–Crippen LogP) is 0.704. The lowest BCUT2D eigenvalue weighted by Crippen LogP contribution is -2.51. The first-order valence-electron chi connectivity index (χ1n) is 6.75. The molecule has 0 radical (unpaired) electrons. The van der Waals surface area contributed by atoms with Crippen molar-refractivity contribution in [3.8, 4) is 0 Å². The molecule has 108 valence electrons. The van der Waals surface area contributed by atoms with Crippen molar-refractivity contribution in [2.45, 2.75) is 0 Å². The molecule has 2 amide bonds. The van der Waals surface area contributed by atoms with Crippen LogP contribution in [0.2, 0.25) is 0 Å². The van der Waals surface area contributed by atoms with Gasteiger partial charge in [0.05, 0.1) is 12.4 Å². The van der Waals surface area contributed by atoms with Crippen LogP contribution in [0.5, 0.6) is 0 Å². The summed E-state index contributed by atoms with van der Waals surface area (Å²) in [6, 6.07) is 8.96. The minimum atomic E-state index is -0.209. The van der Waals surface area contributed by atoms with Crippen LogP contribution < -0.4 is 0 Å². The molecule has 1 saturated heterocycles. The van der Waals surface area contributed by atoms with E-state index in [0.717, 1.165) is 0 Å². The van der Waals surface area contributed by atoms with Crippen molar-refractivity contribution in [2.24, 2.45) is 0 Å². The van der Waals surface area contributed by atoms with Gasteiger partial charge < -0.3 is 9.80 Å². The van der Waals surface area contributed by atoms with Crippen LogP contribution in [0.25, 0.3) is 0 Å². The van der Waals surface area contributed by atoms with Crippen molar-refractivity contribution in [3.63, 3.8) is 0 Å². The zero-order chi connectivity index (χ0) is 14.7. The van der Waals surface area contributed by atoms with Gasteiger partial charge >= 0.3 is 6.03 Å². The molecule has 0 N–H and O–H groups in total. The first-order valence-corrected chi connectivity index (χ1v) is 6.75. The molecular formula is C14H15N5O2. The van der Waals surface area contributed by atoms with Gasteiger partial charge in [-0.25, -0.2) is 4.79 Å². The summed E-state index contributed by atoms with van der Waals surface area (Å²) >= 11 is 0. The Kier molecular flexibility index (Phi) is 3.63. The molecule has 0 unspecified atom stereocenters. The maximum absolute atomic E-state index is 12.3. The topological polar surface area (TPSA) is 71.3 Å². The number of nitrogens with zero attached hydrogens (tertiary/aromatic N) is 5. The Morgan fingerprint density at radius 2 is 1.62 bits per heavy atom. The number of amides is 2. The maximum atomic E-state index is 12.3. The second kappa shape index (κ2) is 5.74. The monoisotopic (exact) mass is 285 g/mol. The third-order valence-corrected chi connectivity index (χ3v) is 3.48. The standard InChI is InChI=1S/C14H15N5O2/c20-13(12-4-2-1-3-5-12)17-8-10-18(11-9-17)14(21)19-7-6-15-16-19/h1-7H,8-11H2. The number of carbonyl (C=O) groups is 2. The Bertz CT molecular complexity index is 618. The largest absolute Gasteiger partial charge is 0.346 e. The molecule has 7 heteroatoms. The molecule has 0 atom stereocenters. The molecule has 7 nitrogen and oxygen atoms in total. The highest BCUT2D eigenvalue weighted by Gasteiger charge is 2.25. The number of hydrogen-bond acceptors (Lipinski definition) is 4. The molecule has 21 heavy (non-hydrogen) atoms. The summed E-state index contributed by atoms with van der Waals surface area (Å²) < 4.78 is 1.20. The van der Waals surface area contributed by atoms with Crippen molar-refractivity contribution in [1.82, 2.24) is 24.8 Å². The van der Waals surface area contributed by atoms with Crippen molar-refractivity contribution < 1.29 is 9.59 Å². The Balaban J connectivity index is 1.60. The number of carbonyl (C=O) groups excluding carboxylic acids is 2. The summed E-state index contributed by atoms with van der Waals surface area (Å²) in [6.07, 6.45) is 2.98. The van der Waals surface area contributed by atoms with E-state index in [0.29, 0.717) is 31.7 Å². The highest BCUT2D eigenvalue weighted by molar-refractivity contribution is 5.94. The third kappa shape index (κ3) is 2.76.